The largest absolute Gasteiger partial charge is 0.311 e. The minimum absolute atomic E-state index is 0.799. The van der Waals surface area contributed by atoms with Crippen molar-refractivity contribution in [3.05, 3.63) is 16.4 Å². The topological polar surface area (TPSA) is 33.1 Å². The molecule has 0 atom stereocenters. The van der Waals surface area contributed by atoms with Crippen LogP contribution in [0.15, 0.2) is 0 Å². The number of nitrogens with zero attached hydrogens (tertiary/aromatic N) is 3. The maximum Gasteiger partial charge on any atom is 0.0860 e. The van der Waals surface area contributed by atoms with E-state index in [9.17, 15) is 0 Å². The van der Waals surface area contributed by atoms with E-state index in [2.05, 4.69) is 22.4 Å². The van der Waals surface area contributed by atoms with Gasteiger partial charge in [0.05, 0.1) is 16.4 Å². The molecule has 0 unspecified atom stereocenters. The molecule has 1 saturated heterocycles. The lowest BCUT2D eigenvalue weighted by atomic mass is 9.97. The molecule has 1 fully saturated rings. The molecular formula is C13H23ClN4. The summed E-state index contributed by atoms with van der Waals surface area (Å²) in [5, 5.41) is 8.64. The number of hydrogen-bond acceptors (Lipinski definition) is 3. The minimum atomic E-state index is 0.799. The average molecular weight is 271 g/mol. The predicted molar refractivity (Wildman–Crippen MR) is 74.9 cm³/mol. The molecule has 0 radical (unpaired) electrons. The Balaban J connectivity index is 1.78. The predicted octanol–water partition coefficient (Wildman–Crippen LogP) is 1.81. The van der Waals surface area contributed by atoms with Gasteiger partial charge in [-0.2, -0.15) is 5.10 Å². The van der Waals surface area contributed by atoms with Crippen LogP contribution in [0.5, 0.6) is 0 Å². The Labute approximate surface area is 114 Å². The van der Waals surface area contributed by atoms with Crippen LogP contribution in [-0.2, 0) is 13.6 Å². The zero-order chi connectivity index (χ0) is 13.1. The summed E-state index contributed by atoms with van der Waals surface area (Å²) in [6.45, 7) is 6.27. The van der Waals surface area contributed by atoms with Gasteiger partial charge in [0.1, 0.15) is 0 Å². The summed E-state index contributed by atoms with van der Waals surface area (Å²) < 4.78 is 1.87. The van der Waals surface area contributed by atoms with E-state index in [-0.39, 0.29) is 0 Å². The molecule has 1 aromatic rings. The maximum absolute atomic E-state index is 6.22. The van der Waals surface area contributed by atoms with E-state index in [4.69, 9.17) is 11.6 Å². The molecule has 102 valence electrons. The molecule has 18 heavy (non-hydrogen) atoms. The van der Waals surface area contributed by atoms with E-state index in [0.717, 1.165) is 35.4 Å². The Morgan fingerprint density at radius 2 is 2.00 bits per heavy atom. The second-order valence-electron chi connectivity index (χ2n) is 5.35. The van der Waals surface area contributed by atoms with Crippen LogP contribution < -0.4 is 5.32 Å². The van der Waals surface area contributed by atoms with Gasteiger partial charge in [0.2, 0.25) is 0 Å². The highest BCUT2D eigenvalue weighted by Gasteiger charge is 2.17. The molecule has 0 spiro atoms. The van der Waals surface area contributed by atoms with E-state index in [1.165, 1.54) is 25.9 Å². The van der Waals surface area contributed by atoms with Crippen molar-refractivity contribution < 1.29 is 0 Å². The van der Waals surface area contributed by atoms with Crippen LogP contribution in [0.25, 0.3) is 0 Å². The third kappa shape index (κ3) is 3.25. The maximum atomic E-state index is 6.22. The number of hydrogen-bond donors (Lipinski definition) is 1. The van der Waals surface area contributed by atoms with Gasteiger partial charge < -0.3 is 10.2 Å². The summed E-state index contributed by atoms with van der Waals surface area (Å²) in [6, 6.07) is 0. The van der Waals surface area contributed by atoms with Crippen molar-refractivity contribution >= 4 is 11.6 Å². The highest BCUT2D eigenvalue weighted by Crippen LogP contribution is 2.19. The van der Waals surface area contributed by atoms with Crippen molar-refractivity contribution in [2.45, 2.75) is 26.3 Å². The smallest absolute Gasteiger partial charge is 0.0860 e. The van der Waals surface area contributed by atoms with Crippen LogP contribution in [0.3, 0.4) is 0 Å². The van der Waals surface area contributed by atoms with Crippen LogP contribution in [0.1, 0.15) is 24.2 Å². The Bertz CT molecular complexity index is 394. The second kappa shape index (κ2) is 6.04. The first-order chi connectivity index (χ1) is 8.58. The number of aromatic nitrogens is 2. The lowest BCUT2D eigenvalue weighted by molar-refractivity contribution is 0.215. The molecule has 0 aliphatic carbocycles. The van der Waals surface area contributed by atoms with Gasteiger partial charge in [-0.25, -0.2) is 0 Å². The first-order valence-corrected chi connectivity index (χ1v) is 7.03. The van der Waals surface area contributed by atoms with Crippen LogP contribution >= 0.6 is 11.6 Å². The molecule has 2 rings (SSSR count). The fourth-order valence-electron chi connectivity index (χ4n) is 2.53. The molecule has 0 aromatic carbocycles. The average Bonchev–Trinajstić information content (AvgIpc) is 2.58. The molecule has 0 amide bonds. The number of piperidine rings is 1. The second-order valence-corrected chi connectivity index (χ2v) is 5.73. The summed E-state index contributed by atoms with van der Waals surface area (Å²) in [5.41, 5.74) is 2.00. The van der Waals surface area contributed by atoms with E-state index in [1.807, 2.05) is 18.7 Å². The lowest BCUT2D eigenvalue weighted by Crippen LogP contribution is -2.35. The van der Waals surface area contributed by atoms with Crippen molar-refractivity contribution in [2.75, 3.05) is 26.7 Å². The summed E-state index contributed by atoms with van der Waals surface area (Å²) in [6.07, 6.45) is 2.59. The highest BCUT2D eigenvalue weighted by atomic mass is 35.5. The molecule has 0 bridgehead atoms. The summed E-state index contributed by atoms with van der Waals surface area (Å²) in [4.78, 5) is 2.40. The van der Waals surface area contributed by atoms with Crippen molar-refractivity contribution in [3.63, 3.8) is 0 Å². The third-order valence-corrected chi connectivity index (χ3v) is 4.32. The molecule has 1 aliphatic rings. The van der Waals surface area contributed by atoms with Crippen LogP contribution in [0.2, 0.25) is 5.02 Å². The van der Waals surface area contributed by atoms with Crippen molar-refractivity contribution in [1.82, 2.24) is 20.0 Å². The Morgan fingerprint density at radius 1 is 1.33 bits per heavy atom. The van der Waals surface area contributed by atoms with E-state index in [1.54, 1.807) is 0 Å². The summed E-state index contributed by atoms with van der Waals surface area (Å²) in [5.74, 6) is 0.800. The Hall–Kier alpha value is -0.580. The van der Waals surface area contributed by atoms with Gasteiger partial charge in [-0.15, -0.1) is 0 Å². The number of likely N-dealkylation sites (tertiary alicyclic amines) is 1. The standard InChI is InChI=1S/C13H23ClN4/c1-10-13(14)12(18(3)16-10)9-15-8-11-4-6-17(2)7-5-11/h11,15H,4-9H2,1-3H3. The number of nitrogens with one attached hydrogen (secondary N) is 1. The zero-order valence-electron chi connectivity index (χ0n) is 11.5. The van der Waals surface area contributed by atoms with Gasteiger partial charge in [-0.3, -0.25) is 4.68 Å². The molecule has 5 heteroatoms. The van der Waals surface area contributed by atoms with Crippen molar-refractivity contribution in [2.24, 2.45) is 13.0 Å². The fourth-order valence-corrected chi connectivity index (χ4v) is 2.76. The van der Waals surface area contributed by atoms with Crippen LogP contribution in [0.4, 0.5) is 0 Å². The van der Waals surface area contributed by atoms with Gasteiger partial charge in [0.25, 0.3) is 0 Å². The number of halogens is 1. The van der Waals surface area contributed by atoms with Crippen molar-refractivity contribution in [1.29, 1.82) is 0 Å². The highest BCUT2D eigenvalue weighted by molar-refractivity contribution is 6.31. The molecule has 1 aliphatic heterocycles. The number of aryl methyl sites for hydroxylation is 2. The normalized spacial score (nSPS) is 18.4. The van der Waals surface area contributed by atoms with E-state index in [0.29, 0.717) is 0 Å². The van der Waals surface area contributed by atoms with Gasteiger partial charge in [0, 0.05) is 13.6 Å². The molecule has 0 saturated carbocycles. The minimum Gasteiger partial charge on any atom is -0.311 e. The van der Waals surface area contributed by atoms with Crippen molar-refractivity contribution in [3.8, 4) is 0 Å². The fraction of sp³-hybridized carbons (Fsp3) is 0.769. The quantitative estimate of drug-likeness (QED) is 0.906. The Kier molecular flexibility index (Phi) is 4.65. The lowest BCUT2D eigenvalue weighted by Gasteiger charge is -2.29. The molecule has 1 aromatic heterocycles. The number of rotatable bonds is 4. The first kappa shape index (κ1) is 13.8. The monoisotopic (exact) mass is 270 g/mol. The van der Waals surface area contributed by atoms with Crippen LogP contribution in [0, 0.1) is 12.8 Å². The third-order valence-electron chi connectivity index (χ3n) is 3.83. The van der Waals surface area contributed by atoms with Gasteiger partial charge >= 0.3 is 0 Å². The van der Waals surface area contributed by atoms with E-state index >= 15 is 0 Å². The van der Waals surface area contributed by atoms with Gasteiger partial charge in [-0.1, -0.05) is 11.6 Å². The SMILES string of the molecule is Cc1nn(C)c(CNCC2CCN(C)CC2)c1Cl. The summed E-state index contributed by atoms with van der Waals surface area (Å²) >= 11 is 6.22. The van der Waals surface area contributed by atoms with E-state index < -0.39 is 0 Å². The first-order valence-electron chi connectivity index (χ1n) is 6.65. The molecule has 1 N–H and O–H groups in total. The molecular weight excluding hydrogens is 248 g/mol. The zero-order valence-corrected chi connectivity index (χ0v) is 12.3. The summed E-state index contributed by atoms with van der Waals surface area (Å²) in [7, 11) is 4.15. The molecule has 2 heterocycles. The molecule has 4 nitrogen and oxygen atoms in total. The van der Waals surface area contributed by atoms with Crippen LogP contribution in [-0.4, -0.2) is 41.4 Å². The Morgan fingerprint density at radius 3 is 2.56 bits per heavy atom. The van der Waals surface area contributed by atoms with Gasteiger partial charge in [0.15, 0.2) is 0 Å². The van der Waals surface area contributed by atoms with Gasteiger partial charge in [-0.05, 0) is 52.4 Å².